The predicted octanol–water partition coefficient (Wildman–Crippen LogP) is 4.86. The van der Waals surface area contributed by atoms with Crippen LogP contribution in [0.1, 0.15) is 15.9 Å². The zero-order chi connectivity index (χ0) is 24.2. The van der Waals surface area contributed by atoms with Gasteiger partial charge in [-0.05, 0) is 18.2 Å². The molecule has 3 heterocycles. The molecule has 174 valence electrons. The summed E-state index contributed by atoms with van der Waals surface area (Å²) in [5.41, 5.74) is -2.01. The molecule has 0 saturated carbocycles. The van der Waals surface area contributed by atoms with Gasteiger partial charge in [0.2, 0.25) is 0 Å². The van der Waals surface area contributed by atoms with Crippen LogP contribution in [-0.2, 0) is 11.1 Å². The van der Waals surface area contributed by atoms with Crippen LogP contribution in [0.3, 0.4) is 0 Å². The summed E-state index contributed by atoms with van der Waals surface area (Å²) in [6.07, 6.45) is -6.24. The van der Waals surface area contributed by atoms with Crippen molar-refractivity contribution in [3.05, 3.63) is 66.0 Å². The average molecular weight is 477 g/mol. The van der Waals surface area contributed by atoms with Gasteiger partial charge >= 0.3 is 12.5 Å². The smallest absolute Gasteiger partial charge is 0.327 e. The number of hydrogen-bond acceptors (Lipinski definition) is 7. The van der Waals surface area contributed by atoms with Crippen molar-refractivity contribution in [2.45, 2.75) is 12.5 Å². The van der Waals surface area contributed by atoms with E-state index in [0.717, 1.165) is 36.8 Å². The minimum absolute atomic E-state index is 0.195. The van der Waals surface area contributed by atoms with Gasteiger partial charge in [0.25, 0.3) is 5.91 Å². The van der Waals surface area contributed by atoms with Gasteiger partial charge in [-0.1, -0.05) is 4.89 Å². The summed E-state index contributed by atoms with van der Waals surface area (Å²) >= 11 is 0. The van der Waals surface area contributed by atoms with E-state index >= 15 is 0 Å². The molecule has 0 bridgehead atoms. The van der Waals surface area contributed by atoms with Crippen molar-refractivity contribution in [3.63, 3.8) is 0 Å². The Morgan fingerprint density at radius 1 is 0.939 bits per heavy atom. The first-order chi connectivity index (χ1) is 15.4. The summed E-state index contributed by atoms with van der Waals surface area (Å²) < 4.78 is 89.2. The summed E-state index contributed by atoms with van der Waals surface area (Å²) in [5, 5.41) is 4.44. The molecule has 0 unspecified atom stereocenters. The summed E-state index contributed by atoms with van der Waals surface area (Å²) in [4.78, 5) is 30.6. The fourth-order valence-corrected chi connectivity index (χ4v) is 2.29. The lowest BCUT2D eigenvalue weighted by Crippen LogP contribution is -2.19. The molecule has 3 rings (SSSR count). The molecule has 0 aliphatic heterocycles. The molecule has 0 aromatic carbocycles. The van der Waals surface area contributed by atoms with Crippen molar-refractivity contribution in [1.29, 1.82) is 0 Å². The van der Waals surface area contributed by atoms with Crippen LogP contribution in [0.4, 0.5) is 48.1 Å². The molecule has 3 aromatic heterocycles. The Hall–Kier alpha value is -4.01. The van der Waals surface area contributed by atoms with E-state index in [4.69, 9.17) is 0 Å². The van der Waals surface area contributed by atoms with Gasteiger partial charge in [-0.15, -0.1) is 13.2 Å². The number of alkyl halides is 6. The van der Waals surface area contributed by atoms with Gasteiger partial charge in [0.15, 0.2) is 17.4 Å². The van der Waals surface area contributed by atoms with E-state index in [9.17, 15) is 35.5 Å². The van der Waals surface area contributed by atoms with E-state index in [0.29, 0.717) is 12.3 Å². The molecule has 0 spiro atoms. The fraction of sp³-hybridized carbons (Fsp3) is 0.111. The van der Waals surface area contributed by atoms with Gasteiger partial charge < -0.3 is 15.5 Å². The number of anilines is 3. The van der Waals surface area contributed by atoms with E-state index in [-0.39, 0.29) is 11.5 Å². The molecule has 0 atom stereocenters. The maximum atomic E-state index is 14.8. The van der Waals surface area contributed by atoms with Gasteiger partial charge in [0.1, 0.15) is 11.5 Å². The van der Waals surface area contributed by atoms with Crippen molar-refractivity contribution in [3.8, 4) is 5.75 Å². The third kappa shape index (κ3) is 6.25. The second-order valence-corrected chi connectivity index (χ2v) is 6.01. The summed E-state index contributed by atoms with van der Waals surface area (Å²) in [5.74, 6) is -3.65. The summed E-state index contributed by atoms with van der Waals surface area (Å²) in [7, 11) is 0. The lowest BCUT2D eigenvalue weighted by molar-refractivity contribution is -0.444. The average Bonchev–Trinajstić information content (AvgIpc) is 2.74. The Morgan fingerprint density at radius 3 is 2.33 bits per heavy atom. The zero-order valence-electron chi connectivity index (χ0n) is 15.8. The van der Waals surface area contributed by atoms with E-state index in [1.54, 1.807) is 0 Å². The van der Waals surface area contributed by atoms with E-state index in [1.165, 1.54) is 0 Å². The van der Waals surface area contributed by atoms with Crippen molar-refractivity contribution >= 4 is 23.2 Å². The highest BCUT2D eigenvalue weighted by atomic mass is 19.4. The summed E-state index contributed by atoms with van der Waals surface area (Å²) in [6, 6.07) is 3.54. The highest BCUT2D eigenvalue weighted by molar-refractivity contribution is 6.05. The number of nitrogens with zero attached hydrogens (tertiary/aromatic N) is 3. The molecule has 1 amide bonds. The third-order valence-electron chi connectivity index (χ3n) is 3.73. The quantitative estimate of drug-likeness (QED) is 0.297. The van der Waals surface area contributed by atoms with E-state index < -0.39 is 47.0 Å². The molecule has 0 aliphatic rings. The maximum absolute atomic E-state index is 14.8. The third-order valence-corrected chi connectivity index (χ3v) is 3.73. The fourth-order valence-electron chi connectivity index (χ4n) is 2.29. The maximum Gasteiger partial charge on any atom is 0.558 e. The Morgan fingerprint density at radius 2 is 1.70 bits per heavy atom. The van der Waals surface area contributed by atoms with Crippen molar-refractivity contribution in [2.24, 2.45) is 0 Å². The van der Waals surface area contributed by atoms with Crippen LogP contribution in [0.5, 0.6) is 5.75 Å². The van der Waals surface area contributed by atoms with Crippen LogP contribution in [0.25, 0.3) is 0 Å². The van der Waals surface area contributed by atoms with Crippen molar-refractivity contribution < 1.29 is 45.3 Å². The van der Waals surface area contributed by atoms with Crippen LogP contribution in [0, 0.1) is 5.82 Å². The Bertz CT molecular complexity index is 1140. The SMILES string of the molecule is O=C(Nc1cnccc1OOC(F)(F)F)c1ccnc(Nc2ccc(C(F)(F)F)cn2)c1F. The zero-order valence-corrected chi connectivity index (χ0v) is 15.8. The van der Waals surface area contributed by atoms with Crippen molar-refractivity contribution in [2.75, 3.05) is 10.6 Å². The first-order valence-corrected chi connectivity index (χ1v) is 8.56. The largest absolute Gasteiger partial charge is 0.558 e. The molecule has 0 radical (unpaired) electrons. The summed E-state index contributed by atoms with van der Waals surface area (Å²) in [6.45, 7) is 0. The molecule has 15 heteroatoms. The van der Waals surface area contributed by atoms with E-state index in [2.05, 4.69) is 35.4 Å². The van der Waals surface area contributed by atoms with Gasteiger partial charge in [0, 0.05) is 24.7 Å². The first kappa shape index (κ1) is 23.6. The molecular weight excluding hydrogens is 467 g/mol. The molecular formula is C18H10F7N5O3. The van der Waals surface area contributed by atoms with Gasteiger partial charge in [-0.25, -0.2) is 14.4 Å². The minimum atomic E-state index is -5.13. The molecule has 2 N–H and O–H groups in total. The number of hydrogen-bond donors (Lipinski definition) is 2. The van der Waals surface area contributed by atoms with Crippen LogP contribution < -0.4 is 15.5 Å². The lowest BCUT2D eigenvalue weighted by atomic mass is 10.2. The number of amides is 1. The van der Waals surface area contributed by atoms with Crippen LogP contribution in [0.15, 0.2) is 49.1 Å². The number of rotatable bonds is 6. The second-order valence-electron chi connectivity index (χ2n) is 6.01. The monoisotopic (exact) mass is 477 g/mol. The van der Waals surface area contributed by atoms with Crippen molar-refractivity contribution in [1.82, 2.24) is 15.0 Å². The van der Waals surface area contributed by atoms with Gasteiger partial charge in [-0.2, -0.15) is 13.2 Å². The van der Waals surface area contributed by atoms with Crippen LogP contribution >= 0.6 is 0 Å². The minimum Gasteiger partial charge on any atom is -0.327 e. The molecule has 0 saturated heterocycles. The van der Waals surface area contributed by atoms with Crippen LogP contribution in [0.2, 0.25) is 0 Å². The molecule has 3 aromatic rings. The Balaban J connectivity index is 1.78. The molecule has 0 aliphatic carbocycles. The van der Waals surface area contributed by atoms with Gasteiger partial charge in [-0.3, -0.25) is 9.78 Å². The molecule has 8 nitrogen and oxygen atoms in total. The number of halogens is 7. The highest BCUT2D eigenvalue weighted by Crippen LogP contribution is 2.30. The Kier molecular flexibility index (Phi) is 6.62. The Labute approximate surface area is 179 Å². The predicted molar refractivity (Wildman–Crippen MR) is 96.7 cm³/mol. The second kappa shape index (κ2) is 9.23. The molecule has 0 fully saturated rings. The topological polar surface area (TPSA) is 98.3 Å². The number of pyridine rings is 3. The van der Waals surface area contributed by atoms with Crippen LogP contribution in [-0.4, -0.2) is 27.2 Å². The van der Waals surface area contributed by atoms with E-state index in [1.807, 2.05) is 0 Å². The number of nitrogens with one attached hydrogen (secondary N) is 2. The number of carbonyl (C=O) groups excluding carboxylic acids is 1. The number of aromatic nitrogens is 3. The lowest BCUT2D eigenvalue weighted by Gasteiger charge is -2.13. The first-order valence-electron chi connectivity index (χ1n) is 8.56. The standard InChI is InChI=1S/C18H10F7N5O3/c19-14-10(16(31)29-11-8-26-5-4-12(11)32-33-18(23,24)25)3-6-27-15(14)30-13-2-1-9(7-28-13)17(20,21)22/h1-8H,(H,29,31)(H,27,28,30). The number of carbonyl (C=O) groups is 1. The van der Waals surface area contributed by atoms with Gasteiger partial charge in [0.05, 0.1) is 17.3 Å². The normalized spacial score (nSPS) is 11.7. The highest BCUT2D eigenvalue weighted by Gasteiger charge is 2.33. The molecule has 33 heavy (non-hydrogen) atoms.